The Hall–Kier alpha value is 0.310. The molecule has 1 unspecified atom stereocenters. The molecule has 2 fully saturated rings. The summed E-state index contributed by atoms with van der Waals surface area (Å²) in [5, 5.41) is 0.944. The van der Waals surface area contributed by atoms with Gasteiger partial charge in [0.25, 0.3) is 0 Å². The van der Waals surface area contributed by atoms with Gasteiger partial charge in [-0.15, -0.1) is 11.8 Å². The molecule has 0 saturated carbocycles. The van der Waals surface area contributed by atoms with Gasteiger partial charge in [-0.3, -0.25) is 4.90 Å². The molecule has 0 bridgehead atoms. The molecular weight excluding hydrogens is 106 g/mol. The third-order valence-corrected chi connectivity index (χ3v) is 3.10. The van der Waals surface area contributed by atoms with E-state index >= 15 is 0 Å². The smallest absolute Gasteiger partial charge is 0.0570 e. The molecule has 0 radical (unpaired) electrons. The highest BCUT2D eigenvalue weighted by Crippen LogP contribution is 2.33. The average molecular weight is 115 g/mol. The standard InChI is InChI=1S/C5H9NS/c1-2-6-3-4-7-5(1)6/h5H,1-4H2. The molecule has 2 aliphatic heterocycles. The van der Waals surface area contributed by atoms with E-state index in [1.807, 2.05) is 0 Å². The Morgan fingerprint density at radius 3 is 2.71 bits per heavy atom. The monoisotopic (exact) mass is 115 g/mol. The number of thioether (sulfide) groups is 1. The van der Waals surface area contributed by atoms with E-state index < -0.39 is 0 Å². The van der Waals surface area contributed by atoms with Crippen LogP contribution in [0.1, 0.15) is 6.42 Å². The Morgan fingerprint density at radius 1 is 1.43 bits per heavy atom. The van der Waals surface area contributed by atoms with Crippen LogP contribution in [0.15, 0.2) is 0 Å². The first-order chi connectivity index (χ1) is 3.47. The Bertz CT molecular complexity index is 74.1. The lowest BCUT2D eigenvalue weighted by molar-refractivity contribution is 0.181. The van der Waals surface area contributed by atoms with Crippen LogP contribution < -0.4 is 0 Å². The number of hydrogen-bond donors (Lipinski definition) is 0. The van der Waals surface area contributed by atoms with Crippen molar-refractivity contribution in [2.24, 2.45) is 0 Å². The molecule has 0 spiro atoms. The third-order valence-electron chi connectivity index (χ3n) is 1.76. The van der Waals surface area contributed by atoms with Crippen LogP contribution in [0.4, 0.5) is 0 Å². The quantitative estimate of drug-likeness (QED) is 0.458. The van der Waals surface area contributed by atoms with Gasteiger partial charge < -0.3 is 0 Å². The predicted octanol–water partition coefficient (Wildman–Crippen LogP) is 0.765. The van der Waals surface area contributed by atoms with Gasteiger partial charge in [0.05, 0.1) is 5.37 Å². The fourth-order valence-corrected chi connectivity index (χ4v) is 2.47. The van der Waals surface area contributed by atoms with Crippen molar-refractivity contribution in [2.75, 3.05) is 18.8 Å². The maximum absolute atomic E-state index is 2.55. The van der Waals surface area contributed by atoms with Crippen molar-refractivity contribution >= 4 is 11.8 Å². The zero-order valence-corrected chi connectivity index (χ0v) is 5.08. The molecule has 0 N–H and O–H groups in total. The van der Waals surface area contributed by atoms with Crippen molar-refractivity contribution in [3.8, 4) is 0 Å². The highest BCUT2D eigenvalue weighted by atomic mass is 32.2. The van der Waals surface area contributed by atoms with Crippen LogP contribution in [-0.4, -0.2) is 29.1 Å². The molecule has 2 heteroatoms. The molecule has 40 valence electrons. The summed E-state index contributed by atoms with van der Waals surface area (Å²) in [5.41, 5.74) is 0. The van der Waals surface area contributed by atoms with E-state index in [0.717, 1.165) is 5.37 Å². The van der Waals surface area contributed by atoms with Crippen molar-refractivity contribution in [1.29, 1.82) is 0 Å². The first kappa shape index (κ1) is 4.21. The third kappa shape index (κ3) is 0.500. The summed E-state index contributed by atoms with van der Waals surface area (Å²) in [7, 11) is 0. The zero-order valence-electron chi connectivity index (χ0n) is 4.26. The molecule has 7 heavy (non-hydrogen) atoms. The topological polar surface area (TPSA) is 3.24 Å². The zero-order chi connectivity index (χ0) is 4.69. The summed E-state index contributed by atoms with van der Waals surface area (Å²) in [6.07, 6.45) is 1.45. The van der Waals surface area contributed by atoms with Crippen LogP contribution in [-0.2, 0) is 0 Å². The van der Waals surface area contributed by atoms with Gasteiger partial charge in [-0.1, -0.05) is 0 Å². The molecule has 1 atom stereocenters. The first-order valence-electron chi connectivity index (χ1n) is 2.82. The molecule has 2 heterocycles. The molecular formula is C5H9NS. The fraction of sp³-hybridized carbons (Fsp3) is 1.00. The summed E-state index contributed by atoms with van der Waals surface area (Å²) in [6, 6.07) is 0. The Labute approximate surface area is 48.1 Å². The van der Waals surface area contributed by atoms with Gasteiger partial charge in [-0.25, -0.2) is 0 Å². The maximum Gasteiger partial charge on any atom is 0.0570 e. The van der Waals surface area contributed by atoms with Gasteiger partial charge in [-0.2, -0.15) is 0 Å². The van der Waals surface area contributed by atoms with Crippen molar-refractivity contribution in [2.45, 2.75) is 11.8 Å². The molecule has 0 amide bonds. The van der Waals surface area contributed by atoms with Crippen LogP contribution in [0.2, 0.25) is 0 Å². The van der Waals surface area contributed by atoms with Crippen molar-refractivity contribution in [1.82, 2.24) is 4.90 Å². The minimum absolute atomic E-state index is 0.944. The summed E-state index contributed by atoms with van der Waals surface area (Å²) in [6.45, 7) is 2.73. The van der Waals surface area contributed by atoms with Crippen molar-refractivity contribution < 1.29 is 0 Å². The van der Waals surface area contributed by atoms with Crippen molar-refractivity contribution in [3.63, 3.8) is 0 Å². The number of fused-ring (bicyclic) bond motifs is 1. The lowest BCUT2D eigenvalue weighted by atomic mass is 10.2. The lowest BCUT2D eigenvalue weighted by Gasteiger charge is -2.33. The number of rotatable bonds is 0. The first-order valence-corrected chi connectivity index (χ1v) is 3.87. The van der Waals surface area contributed by atoms with E-state index in [-0.39, 0.29) is 0 Å². The number of nitrogens with zero attached hydrogens (tertiary/aromatic N) is 1. The van der Waals surface area contributed by atoms with Gasteiger partial charge in [0, 0.05) is 18.8 Å². The lowest BCUT2D eigenvalue weighted by Crippen LogP contribution is -2.40. The van der Waals surface area contributed by atoms with Crippen LogP contribution in [0, 0.1) is 0 Å². The summed E-state index contributed by atoms with van der Waals surface area (Å²) in [5.74, 6) is 1.38. The van der Waals surface area contributed by atoms with E-state index in [4.69, 9.17) is 0 Å². The Kier molecular flexibility index (Phi) is 0.837. The van der Waals surface area contributed by atoms with Gasteiger partial charge in [0.1, 0.15) is 0 Å². The molecule has 2 rings (SSSR count). The molecule has 0 aromatic carbocycles. The molecule has 1 nitrogen and oxygen atoms in total. The van der Waals surface area contributed by atoms with Crippen LogP contribution in [0.25, 0.3) is 0 Å². The fourth-order valence-electron chi connectivity index (χ4n) is 1.17. The van der Waals surface area contributed by atoms with E-state index in [0.29, 0.717) is 0 Å². The highest BCUT2D eigenvalue weighted by molar-refractivity contribution is 8.00. The normalized spacial score (nSPS) is 40.3. The van der Waals surface area contributed by atoms with E-state index in [2.05, 4.69) is 16.7 Å². The Morgan fingerprint density at radius 2 is 2.43 bits per heavy atom. The van der Waals surface area contributed by atoms with Gasteiger partial charge in [-0.05, 0) is 6.42 Å². The second kappa shape index (κ2) is 1.39. The number of hydrogen-bond acceptors (Lipinski definition) is 2. The maximum atomic E-state index is 2.55. The highest BCUT2D eigenvalue weighted by Gasteiger charge is 2.32. The molecule has 0 aromatic rings. The van der Waals surface area contributed by atoms with Crippen molar-refractivity contribution in [3.05, 3.63) is 0 Å². The predicted molar refractivity (Wildman–Crippen MR) is 32.4 cm³/mol. The molecule has 0 aliphatic carbocycles. The van der Waals surface area contributed by atoms with E-state index in [1.54, 1.807) is 0 Å². The average Bonchev–Trinajstić information content (AvgIpc) is 1.85. The second-order valence-corrected chi connectivity index (χ2v) is 3.44. The van der Waals surface area contributed by atoms with Gasteiger partial charge in [0.2, 0.25) is 0 Å². The Balaban J connectivity index is 2.03. The molecule has 0 aromatic heterocycles. The van der Waals surface area contributed by atoms with Gasteiger partial charge in [0.15, 0.2) is 0 Å². The van der Waals surface area contributed by atoms with E-state index in [9.17, 15) is 0 Å². The minimum Gasteiger partial charge on any atom is -0.291 e. The second-order valence-electron chi connectivity index (χ2n) is 2.15. The van der Waals surface area contributed by atoms with E-state index in [1.165, 1.54) is 25.3 Å². The SMILES string of the molecule is C1CN2CCC2S1. The largest absolute Gasteiger partial charge is 0.291 e. The van der Waals surface area contributed by atoms with Crippen LogP contribution in [0.3, 0.4) is 0 Å². The summed E-state index contributed by atoms with van der Waals surface area (Å²) >= 11 is 2.12. The molecule has 2 saturated heterocycles. The van der Waals surface area contributed by atoms with Crippen LogP contribution in [0.5, 0.6) is 0 Å². The van der Waals surface area contributed by atoms with Crippen LogP contribution >= 0.6 is 11.8 Å². The minimum atomic E-state index is 0.944. The summed E-state index contributed by atoms with van der Waals surface area (Å²) < 4.78 is 0. The van der Waals surface area contributed by atoms with Gasteiger partial charge >= 0.3 is 0 Å². The molecule has 2 aliphatic rings. The summed E-state index contributed by atoms with van der Waals surface area (Å²) in [4.78, 5) is 2.55.